The second kappa shape index (κ2) is 3.70. The number of rotatable bonds is 1. The van der Waals surface area contributed by atoms with Crippen molar-refractivity contribution in [3.05, 3.63) is 46.3 Å². The van der Waals surface area contributed by atoms with E-state index in [-0.39, 0.29) is 16.9 Å². The maximum atomic E-state index is 13.6. The molecule has 16 heavy (non-hydrogen) atoms. The van der Waals surface area contributed by atoms with Crippen molar-refractivity contribution in [3.63, 3.8) is 0 Å². The number of fused-ring (bicyclic) bond motifs is 1. The second-order valence-corrected chi connectivity index (χ2v) is 3.93. The van der Waals surface area contributed by atoms with Crippen molar-refractivity contribution in [2.24, 2.45) is 0 Å². The molecule has 0 atom stereocenters. The molecule has 4 heteroatoms. The van der Waals surface area contributed by atoms with Crippen LogP contribution in [0.3, 0.4) is 0 Å². The fraction of sp³-hybridized carbons (Fsp3) is 0.250. The van der Waals surface area contributed by atoms with Crippen LogP contribution in [-0.4, -0.2) is 4.57 Å². The lowest BCUT2D eigenvalue weighted by Gasteiger charge is -2.14. The van der Waals surface area contributed by atoms with Crippen molar-refractivity contribution in [1.82, 2.24) is 4.57 Å². The van der Waals surface area contributed by atoms with Crippen LogP contribution in [0, 0.1) is 11.6 Å². The fourth-order valence-corrected chi connectivity index (χ4v) is 1.76. The van der Waals surface area contributed by atoms with Gasteiger partial charge in [0.15, 0.2) is 5.43 Å². The summed E-state index contributed by atoms with van der Waals surface area (Å²) in [4.78, 5) is 11.5. The van der Waals surface area contributed by atoms with Gasteiger partial charge in [-0.1, -0.05) is 0 Å². The highest BCUT2D eigenvalue weighted by molar-refractivity contribution is 5.80. The van der Waals surface area contributed by atoms with Gasteiger partial charge in [0.1, 0.15) is 11.6 Å². The van der Waals surface area contributed by atoms with Crippen molar-refractivity contribution >= 4 is 10.9 Å². The van der Waals surface area contributed by atoms with E-state index >= 15 is 0 Å². The highest BCUT2D eigenvalue weighted by Gasteiger charge is 2.13. The van der Waals surface area contributed by atoms with E-state index in [1.54, 1.807) is 4.57 Å². The Bertz CT molecular complexity index is 602. The van der Waals surface area contributed by atoms with E-state index in [0.29, 0.717) is 0 Å². The molecule has 1 aromatic carbocycles. The summed E-state index contributed by atoms with van der Waals surface area (Å²) in [5.74, 6) is -1.26. The van der Waals surface area contributed by atoms with Crippen molar-refractivity contribution < 1.29 is 8.78 Å². The van der Waals surface area contributed by atoms with Crippen LogP contribution in [0.4, 0.5) is 8.78 Å². The molecular weight excluding hydrogens is 212 g/mol. The molecule has 0 bridgehead atoms. The van der Waals surface area contributed by atoms with Crippen LogP contribution in [0.15, 0.2) is 29.2 Å². The molecule has 0 N–H and O–H groups in total. The quantitative estimate of drug-likeness (QED) is 0.728. The van der Waals surface area contributed by atoms with Gasteiger partial charge in [0.2, 0.25) is 0 Å². The normalized spacial score (nSPS) is 11.3. The van der Waals surface area contributed by atoms with Gasteiger partial charge < -0.3 is 4.57 Å². The van der Waals surface area contributed by atoms with Gasteiger partial charge in [0, 0.05) is 18.3 Å². The summed E-state index contributed by atoms with van der Waals surface area (Å²) in [7, 11) is 0. The molecular formula is C12H11F2NO. The second-order valence-electron chi connectivity index (χ2n) is 3.93. The molecule has 0 aliphatic rings. The molecule has 2 rings (SSSR count). The van der Waals surface area contributed by atoms with Gasteiger partial charge in [-0.25, -0.2) is 8.78 Å². The van der Waals surface area contributed by atoms with Crippen molar-refractivity contribution in [2.75, 3.05) is 0 Å². The van der Waals surface area contributed by atoms with E-state index in [0.717, 1.165) is 12.1 Å². The van der Waals surface area contributed by atoms with Gasteiger partial charge in [-0.05, 0) is 26.0 Å². The van der Waals surface area contributed by atoms with Gasteiger partial charge in [0.05, 0.1) is 10.9 Å². The lowest BCUT2D eigenvalue weighted by atomic mass is 10.1. The number of hydrogen-bond acceptors (Lipinski definition) is 1. The first-order valence-corrected chi connectivity index (χ1v) is 5.01. The zero-order valence-corrected chi connectivity index (χ0v) is 9.00. The lowest BCUT2D eigenvalue weighted by molar-refractivity contribution is 0.575. The Balaban J connectivity index is 3.03. The Morgan fingerprint density at radius 2 is 1.75 bits per heavy atom. The number of halogens is 2. The van der Waals surface area contributed by atoms with E-state index in [4.69, 9.17) is 0 Å². The van der Waals surface area contributed by atoms with Crippen LogP contribution in [0.25, 0.3) is 10.9 Å². The van der Waals surface area contributed by atoms with E-state index < -0.39 is 17.1 Å². The van der Waals surface area contributed by atoms with Crippen LogP contribution in [0.5, 0.6) is 0 Å². The summed E-state index contributed by atoms with van der Waals surface area (Å²) in [6.45, 7) is 3.68. The molecule has 1 aromatic heterocycles. The molecule has 0 saturated carbocycles. The van der Waals surface area contributed by atoms with Gasteiger partial charge >= 0.3 is 0 Å². The third-order valence-electron chi connectivity index (χ3n) is 2.53. The van der Waals surface area contributed by atoms with Crippen LogP contribution < -0.4 is 5.43 Å². The Morgan fingerprint density at radius 1 is 1.12 bits per heavy atom. The lowest BCUT2D eigenvalue weighted by Crippen LogP contribution is -2.12. The zero-order chi connectivity index (χ0) is 11.9. The number of pyridine rings is 1. The highest BCUT2D eigenvalue weighted by atomic mass is 19.1. The topological polar surface area (TPSA) is 22.0 Å². The molecule has 2 aromatic rings. The number of nitrogens with zero attached hydrogens (tertiary/aromatic N) is 1. The first-order chi connectivity index (χ1) is 7.52. The van der Waals surface area contributed by atoms with Crippen LogP contribution >= 0.6 is 0 Å². The fourth-order valence-electron chi connectivity index (χ4n) is 1.76. The minimum atomic E-state index is -0.684. The minimum absolute atomic E-state index is 0.0301. The molecule has 0 radical (unpaired) electrons. The van der Waals surface area contributed by atoms with Crippen LogP contribution in [0.2, 0.25) is 0 Å². The van der Waals surface area contributed by atoms with Crippen molar-refractivity contribution in [3.8, 4) is 0 Å². The molecule has 0 unspecified atom stereocenters. The summed E-state index contributed by atoms with van der Waals surface area (Å²) in [6, 6.07) is 3.23. The van der Waals surface area contributed by atoms with E-state index in [2.05, 4.69) is 0 Å². The molecule has 0 amide bonds. The standard InChI is InChI=1S/C12H11F2NO/c1-7(2)15-6-5-10(16)11-8(13)3-4-9(14)12(11)15/h3-7H,1-2H3. The number of benzene rings is 1. The Morgan fingerprint density at radius 3 is 2.38 bits per heavy atom. The Kier molecular flexibility index (Phi) is 2.50. The van der Waals surface area contributed by atoms with Gasteiger partial charge in [-0.15, -0.1) is 0 Å². The third-order valence-corrected chi connectivity index (χ3v) is 2.53. The molecule has 0 aliphatic carbocycles. The predicted octanol–water partition coefficient (Wildman–Crippen LogP) is 2.86. The smallest absolute Gasteiger partial charge is 0.192 e. The first kappa shape index (κ1) is 10.8. The largest absolute Gasteiger partial charge is 0.342 e. The molecule has 2 nitrogen and oxygen atoms in total. The molecule has 0 aliphatic heterocycles. The Hall–Kier alpha value is -1.71. The summed E-state index contributed by atoms with van der Waals surface area (Å²) < 4.78 is 28.7. The average Bonchev–Trinajstić information content (AvgIpc) is 2.23. The van der Waals surface area contributed by atoms with Crippen LogP contribution in [-0.2, 0) is 0 Å². The Labute approximate surface area is 91.1 Å². The first-order valence-electron chi connectivity index (χ1n) is 5.01. The number of aromatic nitrogens is 1. The van der Waals surface area contributed by atoms with Gasteiger partial charge in [0.25, 0.3) is 0 Å². The maximum Gasteiger partial charge on any atom is 0.192 e. The summed E-state index contributed by atoms with van der Waals surface area (Å²) in [5.41, 5.74) is -0.466. The molecule has 1 heterocycles. The molecule has 0 fully saturated rings. The maximum absolute atomic E-state index is 13.6. The van der Waals surface area contributed by atoms with E-state index in [1.165, 1.54) is 12.3 Å². The van der Waals surface area contributed by atoms with E-state index in [9.17, 15) is 13.6 Å². The molecule has 0 spiro atoms. The predicted molar refractivity (Wildman–Crippen MR) is 58.5 cm³/mol. The van der Waals surface area contributed by atoms with Crippen LogP contribution in [0.1, 0.15) is 19.9 Å². The van der Waals surface area contributed by atoms with E-state index in [1.807, 2.05) is 13.8 Å². The van der Waals surface area contributed by atoms with Gasteiger partial charge in [-0.3, -0.25) is 4.79 Å². The van der Waals surface area contributed by atoms with Gasteiger partial charge in [-0.2, -0.15) is 0 Å². The third kappa shape index (κ3) is 1.50. The van der Waals surface area contributed by atoms with Crippen molar-refractivity contribution in [2.45, 2.75) is 19.9 Å². The zero-order valence-electron chi connectivity index (χ0n) is 9.00. The molecule has 0 saturated heterocycles. The number of hydrogen-bond donors (Lipinski definition) is 0. The molecule has 84 valence electrons. The minimum Gasteiger partial charge on any atom is -0.342 e. The SMILES string of the molecule is CC(C)n1ccc(=O)c2c(F)ccc(F)c21. The summed E-state index contributed by atoms with van der Waals surface area (Å²) in [5, 5.41) is -0.184. The average molecular weight is 223 g/mol. The van der Waals surface area contributed by atoms with Crippen molar-refractivity contribution in [1.29, 1.82) is 0 Å². The monoisotopic (exact) mass is 223 g/mol. The summed E-state index contributed by atoms with van der Waals surface area (Å²) >= 11 is 0. The highest BCUT2D eigenvalue weighted by Crippen LogP contribution is 2.20. The summed E-state index contributed by atoms with van der Waals surface area (Å²) in [6.07, 6.45) is 1.48.